The minimum Gasteiger partial charge on any atom is -0.298 e. The molecule has 1 aliphatic carbocycles. The maximum absolute atomic E-state index is 12.1. The summed E-state index contributed by atoms with van der Waals surface area (Å²) < 4.78 is 1.12. The van der Waals surface area contributed by atoms with Crippen LogP contribution in [0.25, 0.3) is 0 Å². The summed E-state index contributed by atoms with van der Waals surface area (Å²) in [5.41, 5.74) is 1.25. The summed E-state index contributed by atoms with van der Waals surface area (Å²) in [5.74, 6) is 0.419. The number of rotatable bonds is 3. The van der Waals surface area contributed by atoms with Gasteiger partial charge in [0.25, 0.3) is 0 Å². The predicted molar refractivity (Wildman–Crippen MR) is 77.5 cm³/mol. The number of ketones is 1. The molecular weight excluding hydrogens is 290 g/mol. The van der Waals surface area contributed by atoms with Crippen molar-refractivity contribution in [2.24, 2.45) is 0 Å². The number of Topliss-reactive ketones (excluding diaryl/α,β-unsaturated/α-hetero) is 1. The van der Waals surface area contributed by atoms with Crippen molar-refractivity contribution in [2.45, 2.75) is 44.7 Å². The highest BCUT2D eigenvalue weighted by molar-refractivity contribution is 9.10. The Hall–Kier alpha value is -0.670. The van der Waals surface area contributed by atoms with Gasteiger partial charge in [-0.05, 0) is 31.5 Å². The molecule has 1 saturated carbocycles. The molecule has 2 rings (SSSR count). The number of carbonyl (C=O) groups excluding carboxylic acids is 1. The molecule has 1 atom stereocenters. The van der Waals surface area contributed by atoms with E-state index in [0.717, 1.165) is 30.3 Å². The molecule has 1 fully saturated rings. The van der Waals surface area contributed by atoms with E-state index in [1.165, 1.54) is 18.4 Å². The van der Waals surface area contributed by atoms with Gasteiger partial charge in [0.2, 0.25) is 0 Å². The maximum atomic E-state index is 12.1. The Labute approximate surface area is 117 Å². The van der Waals surface area contributed by atoms with Gasteiger partial charge in [0.05, 0.1) is 6.04 Å². The zero-order valence-corrected chi connectivity index (χ0v) is 12.4. The first-order chi connectivity index (χ1) is 8.68. The molecule has 0 radical (unpaired) electrons. The lowest BCUT2D eigenvalue weighted by Crippen LogP contribution is -2.37. The van der Waals surface area contributed by atoms with E-state index in [2.05, 4.69) is 40.0 Å². The molecule has 0 spiro atoms. The molecule has 0 saturated heterocycles. The largest absolute Gasteiger partial charge is 0.298 e. The highest BCUT2D eigenvalue weighted by atomic mass is 79.9. The van der Waals surface area contributed by atoms with Crippen LogP contribution in [-0.2, 0) is 11.3 Å². The van der Waals surface area contributed by atoms with Crippen LogP contribution in [0.4, 0.5) is 0 Å². The highest BCUT2D eigenvalue weighted by Gasteiger charge is 2.24. The molecule has 18 heavy (non-hydrogen) atoms. The van der Waals surface area contributed by atoms with Crippen LogP contribution >= 0.6 is 15.9 Å². The van der Waals surface area contributed by atoms with Gasteiger partial charge in [-0.2, -0.15) is 0 Å². The molecule has 2 nitrogen and oxygen atoms in total. The van der Waals surface area contributed by atoms with Crippen molar-refractivity contribution >= 4 is 21.7 Å². The Morgan fingerprint density at radius 3 is 2.83 bits per heavy atom. The van der Waals surface area contributed by atoms with Crippen LogP contribution in [0.5, 0.6) is 0 Å². The molecule has 0 aliphatic heterocycles. The fourth-order valence-corrected chi connectivity index (χ4v) is 3.02. The normalized spacial score (nSPS) is 21.1. The van der Waals surface area contributed by atoms with Gasteiger partial charge >= 0.3 is 0 Å². The second-order valence-electron chi connectivity index (χ2n) is 5.09. The Kier molecular flexibility index (Phi) is 4.95. The van der Waals surface area contributed by atoms with E-state index in [1.54, 1.807) is 0 Å². The van der Waals surface area contributed by atoms with Crippen molar-refractivity contribution in [1.29, 1.82) is 0 Å². The first-order valence-electron chi connectivity index (χ1n) is 6.65. The monoisotopic (exact) mass is 309 g/mol. The Bertz CT molecular complexity index is 419. The van der Waals surface area contributed by atoms with Gasteiger partial charge in [-0.15, -0.1) is 0 Å². The summed E-state index contributed by atoms with van der Waals surface area (Å²) in [4.78, 5) is 14.3. The number of hydrogen-bond acceptors (Lipinski definition) is 2. The molecule has 1 unspecified atom stereocenters. The smallest absolute Gasteiger partial charge is 0.149 e. The molecule has 0 bridgehead atoms. The summed E-state index contributed by atoms with van der Waals surface area (Å²) in [6.45, 7) is 0.831. The van der Waals surface area contributed by atoms with Crippen LogP contribution in [-0.4, -0.2) is 23.8 Å². The number of hydrogen-bond donors (Lipinski definition) is 0. The Morgan fingerprint density at radius 2 is 2.06 bits per heavy atom. The van der Waals surface area contributed by atoms with E-state index < -0.39 is 0 Å². The minimum absolute atomic E-state index is 0.111. The van der Waals surface area contributed by atoms with Crippen molar-refractivity contribution in [3.05, 3.63) is 34.3 Å². The van der Waals surface area contributed by atoms with Gasteiger partial charge in [-0.25, -0.2) is 0 Å². The Morgan fingerprint density at radius 1 is 1.28 bits per heavy atom. The number of nitrogens with zero attached hydrogens (tertiary/aromatic N) is 1. The molecule has 0 aromatic heterocycles. The molecule has 0 N–H and O–H groups in total. The van der Waals surface area contributed by atoms with E-state index in [9.17, 15) is 4.79 Å². The van der Waals surface area contributed by atoms with Crippen LogP contribution in [0.1, 0.15) is 37.7 Å². The predicted octanol–water partition coefficient (Wildman–Crippen LogP) is 3.78. The van der Waals surface area contributed by atoms with Crippen molar-refractivity contribution in [3.8, 4) is 0 Å². The van der Waals surface area contributed by atoms with Crippen molar-refractivity contribution < 1.29 is 4.79 Å². The summed E-state index contributed by atoms with van der Waals surface area (Å²) in [6, 6.07) is 8.34. The van der Waals surface area contributed by atoms with Gasteiger partial charge < -0.3 is 0 Å². The van der Waals surface area contributed by atoms with Crippen LogP contribution < -0.4 is 0 Å². The third-order valence-electron chi connectivity index (χ3n) is 3.68. The fraction of sp³-hybridized carbons (Fsp3) is 0.533. The number of benzene rings is 1. The Balaban J connectivity index is 2.04. The molecular formula is C15H20BrNO. The molecule has 3 heteroatoms. The van der Waals surface area contributed by atoms with E-state index in [1.807, 2.05) is 12.1 Å². The summed E-state index contributed by atoms with van der Waals surface area (Å²) in [5, 5.41) is 0. The van der Waals surface area contributed by atoms with Crippen molar-refractivity contribution in [3.63, 3.8) is 0 Å². The SMILES string of the molecule is CN(Cc1ccccc1Br)C1CCCCCC1=O. The topological polar surface area (TPSA) is 20.3 Å². The second-order valence-corrected chi connectivity index (χ2v) is 5.94. The summed E-state index contributed by atoms with van der Waals surface area (Å²) in [7, 11) is 2.06. The summed E-state index contributed by atoms with van der Waals surface area (Å²) >= 11 is 3.57. The molecule has 0 amide bonds. The number of carbonyl (C=O) groups is 1. The first-order valence-corrected chi connectivity index (χ1v) is 7.44. The highest BCUT2D eigenvalue weighted by Crippen LogP contribution is 2.22. The van der Waals surface area contributed by atoms with Crippen molar-refractivity contribution in [2.75, 3.05) is 7.05 Å². The van der Waals surface area contributed by atoms with Gasteiger partial charge in [-0.3, -0.25) is 9.69 Å². The molecule has 1 aliphatic rings. The quantitative estimate of drug-likeness (QED) is 0.792. The van der Waals surface area contributed by atoms with E-state index in [0.29, 0.717) is 5.78 Å². The first kappa shape index (κ1) is 13.8. The third-order valence-corrected chi connectivity index (χ3v) is 4.46. The molecule has 1 aromatic rings. The van der Waals surface area contributed by atoms with Crippen LogP contribution in [0, 0.1) is 0 Å². The minimum atomic E-state index is 0.111. The molecule has 1 aromatic carbocycles. The molecule has 98 valence electrons. The molecule has 0 heterocycles. The van der Waals surface area contributed by atoms with E-state index >= 15 is 0 Å². The van der Waals surface area contributed by atoms with Crippen LogP contribution in [0.15, 0.2) is 28.7 Å². The second kappa shape index (κ2) is 6.48. The van der Waals surface area contributed by atoms with E-state index in [4.69, 9.17) is 0 Å². The third kappa shape index (κ3) is 3.42. The zero-order chi connectivity index (χ0) is 13.0. The number of halogens is 1. The standard InChI is InChI=1S/C15H20BrNO/c1-17(11-12-7-5-6-8-13(12)16)14-9-3-2-4-10-15(14)18/h5-8,14H,2-4,9-11H2,1H3. The lowest BCUT2D eigenvalue weighted by Gasteiger charge is -2.26. The average Bonchev–Trinajstić information content (AvgIpc) is 2.57. The van der Waals surface area contributed by atoms with Gasteiger partial charge in [0.1, 0.15) is 5.78 Å². The number of likely N-dealkylation sites (N-methyl/N-ethyl adjacent to an activating group) is 1. The van der Waals surface area contributed by atoms with E-state index in [-0.39, 0.29) is 6.04 Å². The van der Waals surface area contributed by atoms with Crippen molar-refractivity contribution in [1.82, 2.24) is 4.90 Å². The summed E-state index contributed by atoms with van der Waals surface area (Å²) in [6.07, 6.45) is 5.21. The van der Waals surface area contributed by atoms with Gasteiger partial charge in [0.15, 0.2) is 0 Å². The average molecular weight is 310 g/mol. The van der Waals surface area contributed by atoms with Gasteiger partial charge in [0, 0.05) is 17.4 Å². The lowest BCUT2D eigenvalue weighted by molar-refractivity contribution is -0.123. The lowest BCUT2D eigenvalue weighted by atomic mass is 10.1. The maximum Gasteiger partial charge on any atom is 0.149 e. The van der Waals surface area contributed by atoms with Crippen LogP contribution in [0.3, 0.4) is 0 Å². The zero-order valence-electron chi connectivity index (χ0n) is 10.9. The fourth-order valence-electron chi connectivity index (χ4n) is 2.61. The van der Waals surface area contributed by atoms with Gasteiger partial charge in [-0.1, -0.05) is 47.0 Å². The van der Waals surface area contributed by atoms with Crippen LogP contribution in [0.2, 0.25) is 0 Å².